The van der Waals surface area contributed by atoms with E-state index < -0.39 is 0 Å². The van der Waals surface area contributed by atoms with Gasteiger partial charge in [0.1, 0.15) is 12.4 Å². The molecule has 20 heavy (non-hydrogen) atoms. The van der Waals surface area contributed by atoms with Gasteiger partial charge in [-0.3, -0.25) is 0 Å². The maximum absolute atomic E-state index is 5.91. The summed E-state index contributed by atoms with van der Waals surface area (Å²) < 4.78 is 5.83. The molecule has 0 radical (unpaired) electrons. The molecule has 0 fully saturated rings. The second-order valence-corrected chi connectivity index (χ2v) is 5.15. The molecule has 1 atom stereocenters. The summed E-state index contributed by atoms with van der Waals surface area (Å²) in [6, 6.07) is 18.2. The van der Waals surface area contributed by atoms with Crippen molar-refractivity contribution in [1.29, 1.82) is 0 Å². The van der Waals surface area contributed by atoms with Crippen molar-refractivity contribution in [2.45, 2.75) is 19.4 Å². The van der Waals surface area contributed by atoms with Crippen LogP contribution in [0.3, 0.4) is 0 Å². The molecule has 3 heteroatoms. The molecule has 106 valence electrons. The second kappa shape index (κ2) is 7.93. The Balaban J connectivity index is 1.91. The Labute approximate surface area is 125 Å². The van der Waals surface area contributed by atoms with Crippen LogP contribution in [0.15, 0.2) is 54.6 Å². The molecule has 0 aliphatic carbocycles. The monoisotopic (exact) mass is 289 g/mol. The zero-order valence-electron chi connectivity index (χ0n) is 11.7. The molecule has 1 unspecified atom stereocenters. The van der Waals surface area contributed by atoms with Crippen molar-refractivity contribution >= 4 is 11.6 Å². The van der Waals surface area contributed by atoms with E-state index in [1.807, 2.05) is 42.5 Å². The van der Waals surface area contributed by atoms with Crippen molar-refractivity contribution < 1.29 is 4.74 Å². The predicted molar refractivity (Wildman–Crippen MR) is 84.6 cm³/mol. The highest BCUT2D eigenvalue weighted by molar-refractivity contribution is 6.30. The third kappa shape index (κ3) is 4.87. The molecule has 0 saturated carbocycles. The number of halogens is 1. The van der Waals surface area contributed by atoms with Gasteiger partial charge in [0.25, 0.3) is 0 Å². The number of likely N-dealkylation sites (N-methyl/N-ethyl adjacent to an activating group) is 1. The van der Waals surface area contributed by atoms with Crippen LogP contribution in [0.4, 0.5) is 0 Å². The van der Waals surface area contributed by atoms with Gasteiger partial charge in [-0.1, -0.05) is 48.9 Å². The minimum absolute atomic E-state index is 0.293. The summed E-state index contributed by atoms with van der Waals surface area (Å²) >= 11 is 5.91. The van der Waals surface area contributed by atoms with Crippen molar-refractivity contribution in [3.05, 3.63) is 65.2 Å². The van der Waals surface area contributed by atoms with Gasteiger partial charge in [-0.05, 0) is 42.8 Å². The molecule has 0 saturated heterocycles. The number of hydrogen-bond acceptors (Lipinski definition) is 2. The SMILES string of the molecule is CCNC(COc1ccccc1)Cc1ccc(Cl)cc1. The smallest absolute Gasteiger partial charge is 0.119 e. The Morgan fingerprint density at radius 2 is 1.75 bits per heavy atom. The first kappa shape index (κ1) is 14.9. The molecule has 2 rings (SSSR count). The van der Waals surface area contributed by atoms with Gasteiger partial charge in [0.2, 0.25) is 0 Å². The number of nitrogens with one attached hydrogen (secondary N) is 1. The molecule has 2 aromatic carbocycles. The van der Waals surface area contributed by atoms with E-state index in [0.29, 0.717) is 12.6 Å². The van der Waals surface area contributed by atoms with Gasteiger partial charge in [-0.15, -0.1) is 0 Å². The summed E-state index contributed by atoms with van der Waals surface area (Å²) in [5.41, 5.74) is 1.26. The molecule has 2 aromatic rings. The van der Waals surface area contributed by atoms with Gasteiger partial charge in [0.15, 0.2) is 0 Å². The zero-order valence-corrected chi connectivity index (χ0v) is 12.4. The highest BCUT2D eigenvalue weighted by Crippen LogP contribution is 2.13. The maximum Gasteiger partial charge on any atom is 0.119 e. The first-order chi connectivity index (χ1) is 9.78. The van der Waals surface area contributed by atoms with Crippen molar-refractivity contribution in [1.82, 2.24) is 5.32 Å². The Morgan fingerprint density at radius 1 is 1.05 bits per heavy atom. The number of benzene rings is 2. The second-order valence-electron chi connectivity index (χ2n) is 4.71. The van der Waals surface area contributed by atoms with Gasteiger partial charge in [0, 0.05) is 11.1 Å². The molecule has 1 N–H and O–H groups in total. The van der Waals surface area contributed by atoms with Gasteiger partial charge in [0.05, 0.1) is 0 Å². The Hall–Kier alpha value is -1.51. The molecular formula is C17H20ClNO. The van der Waals surface area contributed by atoms with E-state index in [4.69, 9.17) is 16.3 Å². The van der Waals surface area contributed by atoms with E-state index in [-0.39, 0.29) is 0 Å². The number of ether oxygens (including phenoxy) is 1. The molecule has 0 heterocycles. The van der Waals surface area contributed by atoms with E-state index in [2.05, 4.69) is 24.4 Å². The summed E-state index contributed by atoms with van der Waals surface area (Å²) in [5, 5.41) is 4.23. The topological polar surface area (TPSA) is 21.3 Å². The maximum atomic E-state index is 5.91. The van der Waals surface area contributed by atoms with Crippen LogP contribution in [0.25, 0.3) is 0 Å². The van der Waals surface area contributed by atoms with Gasteiger partial charge >= 0.3 is 0 Å². The molecule has 2 nitrogen and oxygen atoms in total. The van der Waals surface area contributed by atoms with Crippen molar-refractivity contribution in [2.24, 2.45) is 0 Å². The number of para-hydroxylation sites is 1. The fourth-order valence-electron chi connectivity index (χ4n) is 2.10. The average Bonchev–Trinajstić information content (AvgIpc) is 2.48. The van der Waals surface area contributed by atoms with Crippen LogP contribution in [0.1, 0.15) is 12.5 Å². The third-order valence-corrected chi connectivity index (χ3v) is 3.33. The minimum atomic E-state index is 0.293. The lowest BCUT2D eigenvalue weighted by molar-refractivity contribution is 0.265. The summed E-state index contributed by atoms with van der Waals surface area (Å²) in [6.45, 7) is 3.69. The summed E-state index contributed by atoms with van der Waals surface area (Å²) in [5.74, 6) is 0.909. The van der Waals surface area contributed by atoms with Crippen molar-refractivity contribution in [2.75, 3.05) is 13.2 Å². The van der Waals surface area contributed by atoms with Crippen LogP contribution in [0.5, 0.6) is 5.75 Å². The van der Waals surface area contributed by atoms with E-state index in [1.165, 1.54) is 5.56 Å². The lowest BCUT2D eigenvalue weighted by Gasteiger charge is -2.18. The summed E-state index contributed by atoms with van der Waals surface area (Å²) in [6.07, 6.45) is 0.928. The van der Waals surface area contributed by atoms with E-state index in [0.717, 1.165) is 23.7 Å². The lowest BCUT2D eigenvalue weighted by atomic mass is 10.1. The first-order valence-corrected chi connectivity index (χ1v) is 7.31. The molecule has 0 amide bonds. The van der Waals surface area contributed by atoms with Crippen LogP contribution in [-0.2, 0) is 6.42 Å². The van der Waals surface area contributed by atoms with Gasteiger partial charge in [-0.2, -0.15) is 0 Å². The largest absolute Gasteiger partial charge is 0.492 e. The standard InChI is InChI=1S/C17H20ClNO/c1-2-19-16(12-14-8-10-15(18)11-9-14)13-20-17-6-4-3-5-7-17/h3-11,16,19H,2,12-13H2,1H3. The van der Waals surface area contributed by atoms with Crippen LogP contribution in [0, 0.1) is 0 Å². The van der Waals surface area contributed by atoms with E-state index in [1.54, 1.807) is 0 Å². The predicted octanol–water partition coefficient (Wildman–Crippen LogP) is 3.94. The quantitative estimate of drug-likeness (QED) is 0.833. The molecule has 0 aliphatic heterocycles. The highest BCUT2D eigenvalue weighted by Gasteiger charge is 2.09. The van der Waals surface area contributed by atoms with Gasteiger partial charge in [-0.25, -0.2) is 0 Å². The molecule has 0 spiro atoms. The minimum Gasteiger partial charge on any atom is -0.492 e. The number of rotatable bonds is 7. The summed E-state index contributed by atoms with van der Waals surface area (Å²) in [4.78, 5) is 0. The molecule has 0 aliphatic rings. The van der Waals surface area contributed by atoms with Crippen LogP contribution >= 0.6 is 11.6 Å². The normalized spacial score (nSPS) is 12.1. The molecular weight excluding hydrogens is 270 g/mol. The number of hydrogen-bond donors (Lipinski definition) is 1. The van der Waals surface area contributed by atoms with Crippen molar-refractivity contribution in [3.63, 3.8) is 0 Å². The third-order valence-electron chi connectivity index (χ3n) is 3.08. The average molecular weight is 290 g/mol. The van der Waals surface area contributed by atoms with E-state index in [9.17, 15) is 0 Å². The Bertz CT molecular complexity index is 498. The zero-order chi connectivity index (χ0) is 14.2. The molecule has 0 bridgehead atoms. The van der Waals surface area contributed by atoms with Crippen LogP contribution < -0.4 is 10.1 Å². The summed E-state index contributed by atoms with van der Waals surface area (Å²) in [7, 11) is 0. The van der Waals surface area contributed by atoms with Crippen molar-refractivity contribution in [3.8, 4) is 5.75 Å². The van der Waals surface area contributed by atoms with Crippen LogP contribution in [0.2, 0.25) is 5.02 Å². The van der Waals surface area contributed by atoms with E-state index >= 15 is 0 Å². The van der Waals surface area contributed by atoms with Crippen LogP contribution in [-0.4, -0.2) is 19.2 Å². The first-order valence-electron chi connectivity index (χ1n) is 6.93. The fourth-order valence-corrected chi connectivity index (χ4v) is 2.22. The fraction of sp³-hybridized carbons (Fsp3) is 0.294. The Kier molecular flexibility index (Phi) is 5.90. The molecule has 0 aromatic heterocycles. The highest BCUT2D eigenvalue weighted by atomic mass is 35.5. The van der Waals surface area contributed by atoms with Gasteiger partial charge < -0.3 is 10.1 Å². The lowest BCUT2D eigenvalue weighted by Crippen LogP contribution is -2.36. The Morgan fingerprint density at radius 3 is 2.40 bits per heavy atom.